The van der Waals surface area contributed by atoms with Crippen molar-refractivity contribution < 1.29 is 24.0 Å². The Labute approximate surface area is 175 Å². The summed E-state index contributed by atoms with van der Waals surface area (Å²) in [5, 5.41) is 7.22. The van der Waals surface area contributed by atoms with Gasteiger partial charge in [-0.2, -0.15) is 0 Å². The predicted octanol–water partition coefficient (Wildman–Crippen LogP) is 2.40. The molecule has 3 N–H and O–H groups in total. The van der Waals surface area contributed by atoms with Gasteiger partial charge in [-0.15, -0.1) is 11.3 Å². The third-order valence-corrected chi connectivity index (χ3v) is 5.97. The zero-order valence-electron chi connectivity index (χ0n) is 17.0. The normalized spacial score (nSPS) is 17.9. The second-order valence-electron chi connectivity index (χ2n) is 6.89. The van der Waals surface area contributed by atoms with Gasteiger partial charge < -0.3 is 19.7 Å². The third-order valence-electron chi connectivity index (χ3n) is 4.97. The molecule has 0 bridgehead atoms. The average Bonchev–Trinajstić information content (AvgIpc) is 3.16. The number of nitrogens with one attached hydrogen (secondary N) is 3. The summed E-state index contributed by atoms with van der Waals surface area (Å²) in [5.74, 6) is 0.877. The van der Waals surface area contributed by atoms with Crippen molar-refractivity contribution in [2.45, 2.75) is 33.2 Å². The molecule has 7 nitrogen and oxygen atoms in total. The van der Waals surface area contributed by atoms with Crippen molar-refractivity contribution in [3.05, 3.63) is 40.1 Å². The Morgan fingerprint density at radius 1 is 1.17 bits per heavy atom. The van der Waals surface area contributed by atoms with E-state index in [9.17, 15) is 9.59 Å². The molecule has 0 radical (unpaired) electrons. The van der Waals surface area contributed by atoms with Gasteiger partial charge in [0.05, 0.1) is 19.8 Å². The van der Waals surface area contributed by atoms with Gasteiger partial charge in [0.15, 0.2) is 18.0 Å². The van der Waals surface area contributed by atoms with Crippen LogP contribution in [0, 0.1) is 0 Å². The lowest BCUT2D eigenvalue weighted by molar-refractivity contribution is -0.924. The molecule has 0 saturated heterocycles. The number of amides is 3. The maximum Gasteiger partial charge on any atom is 0.326 e. The molecular formula is C21H28N3O4S+. The van der Waals surface area contributed by atoms with Crippen molar-refractivity contribution in [3.8, 4) is 11.5 Å². The minimum atomic E-state index is -0.554. The minimum Gasteiger partial charge on any atom is -0.490 e. The van der Waals surface area contributed by atoms with Gasteiger partial charge in [0, 0.05) is 28.6 Å². The van der Waals surface area contributed by atoms with E-state index in [2.05, 4.69) is 29.0 Å². The lowest BCUT2D eigenvalue weighted by Gasteiger charge is -2.29. The number of benzene rings is 1. The summed E-state index contributed by atoms with van der Waals surface area (Å²) in [6.45, 7) is 8.05. The molecule has 29 heavy (non-hydrogen) atoms. The average molecular weight is 419 g/mol. The van der Waals surface area contributed by atoms with Crippen LogP contribution >= 0.6 is 11.3 Å². The molecule has 0 saturated carbocycles. The van der Waals surface area contributed by atoms with Gasteiger partial charge in [-0.05, 0) is 44.4 Å². The van der Waals surface area contributed by atoms with Gasteiger partial charge >= 0.3 is 6.03 Å². The van der Waals surface area contributed by atoms with Crippen LogP contribution in [0.1, 0.15) is 37.3 Å². The molecule has 3 rings (SSSR count). The summed E-state index contributed by atoms with van der Waals surface area (Å²) in [4.78, 5) is 27.2. The van der Waals surface area contributed by atoms with Crippen LogP contribution in [0.4, 0.5) is 10.5 Å². The lowest BCUT2D eigenvalue weighted by Crippen LogP contribution is -3.14. The Morgan fingerprint density at radius 3 is 2.69 bits per heavy atom. The van der Waals surface area contributed by atoms with Crippen LogP contribution in [0.15, 0.2) is 29.6 Å². The highest BCUT2D eigenvalue weighted by Crippen LogP contribution is 2.30. The number of carbonyl (C=O) groups excluding carboxylic acids is 2. The Morgan fingerprint density at radius 2 is 1.93 bits per heavy atom. The summed E-state index contributed by atoms with van der Waals surface area (Å²) < 4.78 is 11.1. The minimum absolute atomic E-state index is 0.249. The van der Waals surface area contributed by atoms with Crippen LogP contribution in [0.3, 0.4) is 0 Å². The van der Waals surface area contributed by atoms with E-state index in [1.165, 1.54) is 15.3 Å². The molecule has 1 aliphatic rings. The second kappa shape index (κ2) is 9.76. The highest BCUT2D eigenvalue weighted by molar-refractivity contribution is 7.10. The van der Waals surface area contributed by atoms with Crippen LogP contribution in [0.25, 0.3) is 0 Å². The molecule has 1 unspecified atom stereocenters. The highest BCUT2D eigenvalue weighted by Gasteiger charge is 2.30. The first-order valence-corrected chi connectivity index (χ1v) is 10.8. The number of hydrogen-bond donors (Lipinski definition) is 3. The number of imide groups is 1. The summed E-state index contributed by atoms with van der Waals surface area (Å²) >= 11 is 1.77. The standard InChI is InChI=1S/C21H27N3O4S/c1-4-27-17-7-6-15(12-18(17)28-5-2)22-21(26)23-20(25)13-24-10-8-19-16(14(24)3)9-11-29-19/h6-7,9,11-12,14H,4-5,8,10,13H2,1-3H3,(H2,22,23,25,26)/p+1/t14-/m0/s1. The number of rotatable bonds is 7. The molecule has 3 amide bonds. The first kappa shape index (κ1) is 21.1. The summed E-state index contributed by atoms with van der Waals surface area (Å²) in [5.41, 5.74) is 1.84. The monoisotopic (exact) mass is 418 g/mol. The van der Waals surface area contributed by atoms with Crippen molar-refractivity contribution in [3.63, 3.8) is 0 Å². The summed E-state index contributed by atoms with van der Waals surface area (Å²) in [6.07, 6.45) is 0.971. The zero-order chi connectivity index (χ0) is 20.8. The van der Waals surface area contributed by atoms with Gasteiger partial charge in [0.25, 0.3) is 5.91 Å². The number of ether oxygens (including phenoxy) is 2. The van der Waals surface area contributed by atoms with Crippen LogP contribution in [-0.4, -0.2) is 38.2 Å². The molecule has 2 aromatic rings. The van der Waals surface area contributed by atoms with Crippen molar-refractivity contribution >= 4 is 29.0 Å². The van der Waals surface area contributed by atoms with Gasteiger partial charge in [-0.3, -0.25) is 10.1 Å². The molecule has 1 aromatic carbocycles. The van der Waals surface area contributed by atoms with E-state index in [1.54, 1.807) is 29.5 Å². The molecule has 2 heterocycles. The van der Waals surface area contributed by atoms with Crippen LogP contribution < -0.4 is 25.0 Å². The van der Waals surface area contributed by atoms with E-state index in [-0.39, 0.29) is 18.5 Å². The summed E-state index contributed by atoms with van der Waals surface area (Å²) in [7, 11) is 0. The number of hydrogen-bond acceptors (Lipinski definition) is 5. The highest BCUT2D eigenvalue weighted by atomic mass is 32.1. The maximum absolute atomic E-state index is 12.4. The van der Waals surface area contributed by atoms with E-state index in [0.717, 1.165) is 13.0 Å². The fourth-order valence-corrected chi connectivity index (χ4v) is 4.54. The molecule has 0 spiro atoms. The Balaban J connectivity index is 1.55. The fraction of sp³-hybridized carbons (Fsp3) is 0.429. The van der Waals surface area contributed by atoms with Crippen LogP contribution in [0.2, 0.25) is 0 Å². The molecule has 2 atom stereocenters. The predicted molar refractivity (Wildman–Crippen MR) is 113 cm³/mol. The van der Waals surface area contributed by atoms with Gasteiger partial charge in [0.1, 0.15) is 6.04 Å². The molecule has 8 heteroatoms. The molecule has 156 valence electrons. The quantitative estimate of drug-likeness (QED) is 0.645. The van der Waals surface area contributed by atoms with E-state index in [1.807, 2.05) is 13.8 Å². The SMILES string of the molecule is CCOc1ccc(NC(=O)NC(=O)C[NH+]2CCc3sccc3[C@@H]2C)cc1OCC. The molecular weight excluding hydrogens is 390 g/mol. The Kier molecular flexibility index (Phi) is 7.11. The number of carbonyl (C=O) groups is 2. The van der Waals surface area contributed by atoms with Crippen molar-refractivity contribution in [1.29, 1.82) is 0 Å². The fourth-order valence-electron chi connectivity index (χ4n) is 3.56. The topological polar surface area (TPSA) is 81.1 Å². The molecule has 0 fully saturated rings. The Bertz CT molecular complexity index is 867. The number of fused-ring (bicyclic) bond motifs is 1. The second-order valence-corrected chi connectivity index (χ2v) is 7.89. The first-order valence-electron chi connectivity index (χ1n) is 9.93. The van der Waals surface area contributed by atoms with Crippen molar-refractivity contribution in [2.75, 3.05) is 31.6 Å². The van der Waals surface area contributed by atoms with Gasteiger partial charge in [-0.25, -0.2) is 4.79 Å². The number of anilines is 1. The van der Waals surface area contributed by atoms with E-state index in [4.69, 9.17) is 9.47 Å². The van der Waals surface area contributed by atoms with Gasteiger partial charge in [0.2, 0.25) is 0 Å². The van der Waals surface area contributed by atoms with Crippen molar-refractivity contribution in [1.82, 2.24) is 5.32 Å². The van der Waals surface area contributed by atoms with Crippen LogP contribution in [0.5, 0.6) is 11.5 Å². The van der Waals surface area contributed by atoms with Gasteiger partial charge in [-0.1, -0.05) is 0 Å². The molecule has 1 aliphatic heterocycles. The zero-order valence-corrected chi connectivity index (χ0v) is 17.9. The maximum atomic E-state index is 12.4. The van der Waals surface area contributed by atoms with E-state index < -0.39 is 6.03 Å². The molecule has 1 aromatic heterocycles. The van der Waals surface area contributed by atoms with E-state index in [0.29, 0.717) is 30.4 Å². The smallest absolute Gasteiger partial charge is 0.326 e. The number of urea groups is 1. The molecule has 0 aliphatic carbocycles. The first-order chi connectivity index (χ1) is 14.0. The van der Waals surface area contributed by atoms with Crippen LogP contribution in [-0.2, 0) is 11.2 Å². The summed E-state index contributed by atoms with van der Waals surface area (Å²) in [6, 6.07) is 6.98. The third kappa shape index (κ3) is 5.27. The number of quaternary nitrogens is 1. The largest absolute Gasteiger partial charge is 0.490 e. The van der Waals surface area contributed by atoms with Crippen molar-refractivity contribution in [2.24, 2.45) is 0 Å². The Hall–Kier alpha value is -2.58. The number of thiophene rings is 1. The lowest BCUT2D eigenvalue weighted by atomic mass is 10.0. The van der Waals surface area contributed by atoms with E-state index >= 15 is 0 Å².